The van der Waals surface area contributed by atoms with Crippen molar-refractivity contribution in [3.63, 3.8) is 0 Å². The number of anilines is 1. The molecule has 3 N–H and O–H groups in total. The summed E-state index contributed by atoms with van der Waals surface area (Å²) < 4.78 is 5.07. The highest BCUT2D eigenvalue weighted by atomic mass is 32.1. The smallest absolute Gasteiger partial charge is 0.262 e. The Morgan fingerprint density at radius 1 is 1.32 bits per heavy atom. The average molecular weight is 320 g/mol. The number of thiophene rings is 1. The maximum absolute atomic E-state index is 12.1. The molecule has 0 spiro atoms. The molecule has 0 bridgehead atoms. The lowest BCUT2D eigenvalue weighted by Gasteiger charge is -2.16. The molecule has 1 atom stereocenters. The van der Waals surface area contributed by atoms with Gasteiger partial charge in [-0.05, 0) is 23.6 Å². The number of hydrogen-bond acceptors (Lipinski definition) is 5. The summed E-state index contributed by atoms with van der Waals surface area (Å²) >= 11 is 1.26. The van der Waals surface area contributed by atoms with E-state index in [1.807, 2.05) is 0 Å². The second-order valence-electron chi connectivity index (χ2n) is 4.41. The molecule has 0 unspecified atom stereocenters. The van der Waals surface area contributed by atoms with Crippen LogP contribution in [0, 0.1) is 0 Å². The first-order valence-corrected chi connectivity index (χ1v) is 7.42. The Bertz CT molecular complexity index is 643. The second-order valence-corrected chi connectivity index (χ2v) is 5.35. The van der Waals surface area contributed by atoms with Gasteiger partial charge in [0.25, 0.3) is 5.91 Å². The van der Waals surface area contributed by atoms with E-state index in [0.717, 1.165) is 0 Å². The minimum absolute atomic E-state index is 0.394. The van der Waals surface area contributed by atoms with Crippen LogP contribution < -0.4 is 15.4 Å². The van der Waals surface area contributed by atoms with Gasteiger partial charge in [-0.2, -0.15) is 0 Å². The molecule has 0 radical (unpaired) electrons. The van der Waals surface area contributed by atoms with E-state index in [2.05, 4.69) is 10.6 Å². The van der Waals surface area contributed by atoms with Crippen LogP contribution in [0.15, 0.2) is 41.8 Å². The summed E-state index contributed by atoms with van der Waals surface area (Å²) in [6.45, 7) is -0.493. The summed E-state index contributed by atoms with van der Waals surface area (Å²) in [4.78, 5) is 24.5. The Balaban J connectivity index is 2.00. The molecule has 22 heavy (non-hydrogen) atoms. The van der Waals surface area contributed by atoms with Gasteiger partial charge in [-0.15, -0.1) is 11.3 Å². The van der Waals surface area contributed by atoms with E-state index < -0.39 is 24.5 Å². The fraction of sp³-hybridized carbons (Fsp3) is 0.200. The maximum atomic E-state index is 12.1. The number of amides is 2. The Hall–Kier alpha value is -2.38. The summed E-state index contributed by atoms with van der Waals surface area (Å²) in [5.74, 6) is -0.295. The van der Waals surface area contributed by atoms with Crippen LogP contribution in [-0.4, -0.2) is 36.7 Å². The van der Waals surface area contributed by atoms with Crippen molar-refractivity contribution in [3.8, 4) is 5.75 Å². The summed E-state index contributed by atoms with van der Waals surface area (Å²) in [5.41, 5.74) is 0.521. The van der Waals surface area contributed by atoms with Gasteiger partial charge in [0.15, 0.2) is 0 Å². The first kappa shape index (κ1) is 16.0. The van der Waals surface area contributed by atoms with Crippen molar-refractivity contribution in [1.29, 1.82) is 0 Å². The van der Waals surface area contributed by atoms with Gasteiger partial charge in [0, 0.05) is 11.8 Å². The van der Waals surface area contributed by atoms with Gasteiger partial charge < -0.3 is 20.5 Å². The molecule has 1 heterocycles. The normalized spacial score (nSPS) is 11.5. The van der Waals surface area contributed by atoms with E-state index in [4.69, 9.17) is 4.74 Å². The number of nitrogens with one attached hydrogen (secondary N) is 2. The Labute approximate surface area is 131 Å². The van der Waals surface area contributed by atoms with Crippen molar-refractivity contribution in [2.75, 3.05) is 19.0 Å². The highest BCUT2D eigenvalue weighted by Gasteiger charge is 2.21. The van der Waals surface area contributed by atoms with Crippen molar-refractivity contribution in [2.45, 2.75) is 6.04 Å². The van der Waals surface area contributed by atoms with Gasteiger partial charge in [0.05, 0.1) is 18.6 Å². The molecule has 2 aromatic rings. The second kappa shape index (κ2) is 7.58. The third kappa shape index (κ3) is 4.06. The number of aliphatic hydroxyl groups excluding tert-OH is 1. The van der Waals surface area contributed by atoms with Crippen molar-refractivity contribution in [2.24, 2.45) is 0 Å². The van der Waals surface area contributed by atoms with Crippen molar-refractivity contribution < 1.29 is 19.4 Å². The molecule has 1 aromatic carbocycles. The first-order chi connectivity index (χ1) is 10.6. The topological polar surface area (TPSA) is 87.7 Å². The average Bonchev–Trinajstić information content (AvgIpc) is 3.07. The minimum atomic E-state index is -1.03. The number of carbonyl (C=O) groups excluding carboxylic acids is 2. The standard InChI is InChI=1S/C15H16N2O4S/c1-21-11-5-2-4-10(8-11)16-14(19)12(9-18)17-15(20)13-6-3-7-22-13/h2-8,12,18H,9H2,1H3,(H,16,19)(H,17,20)/t12-/m0/s1. The van der Waals surface area contributed by atoms with Gasteiger partial charge in [-0.1, -0.05) is 12.1 Å². The molecule has 6 nitrogen and oxygen atoms in total. The van der Waals surface area contributed by atoms with Crippen LogP contribution >= 0.6 is 11.3 Å². The fourth-order valence-electron chi connectivity index (χ4n) is 1.76. The van der Waals surface area contributed by atoms with E-state index in [1.165, 1.54) is 18.4 Å². The first-order valence-electron chi connectivity index (χ1n) is 6.54. The van der Waals surface area contributed by atoms with Crippen molar-refractivity contribution in [3.05, 3.63) is 46.7 Å². The van der Waals surface area contributed by atoms with E-state index in [1.54, 1.807) is 41.8 Å². The molecule has 0 aliphatic heterocycles. The van der Waals surface area contributed by atoms with Gasteiger partial charge in [-0.3, -0.25) is 9.59 Å². The molecule has 0 aliphatic rings. The molecule has 2 rings (SSSR count). The molecule has 0 fully saturated rings. The summed E-state index contributed by atoms with van der Waals surface area (Å²) in [7, 11) is 1.53. The minimum Gasteiger partial charge on any atom is -0.497 e. The van der Waals surface area contributed by atoms with E-state index in [-0.39, 0.29) is 0 Å². The molecule has 0 aliphatic carbocycles. The van der Waals surface area contributed by atoms with Crippen molar-refractivity contribution >= 4 is 28.8 Å². The van der Waals surface area contributed by atoms with E-state index in [9.17, 15) is 14.7 Å². The lowest BCUT2D eigenvalue weighted by Crippen LogP contribution is -2.46. The number of aliphatic hydroxyl groups is 1. The van der Waals surface area contributed by atoms with Crippen LogP contribution in [0.25, 0.3) is 0 Å². The van der Waals surface area contributed by atoms with Crippen LogP contribution in [0.4, 0.5) is 5.69 Å². The molecule has 2 amide bonds. The Morgan fingerprint density at radius 2 is 2.14 bits per heavy atom. The highest BCUT2D eigenvalue weighted by molar-refractivity contribution is 7.12. The third-order valence-electron chi connectivity index (χ3n) is 2.89. The quantitative estimate of drug-likeness (QED) is 0.752. The fourth-order valence-corrected chi connectivity index (χ4v) is 2.39. The van der Waals surface area contributed by atoms with Crippen LogP contribution in [0.3, 0.4) is 0 Å². The Kier molecular flexibility index (Phi) is 5.51. The molecule has 7 heteroatoms. The zero-order chi connectivity index (χ0) is 15.9. The van der Waals surface area contributed by atoms with Crippen molar-refractivity contribution in [1.82, 2.24) is 5.32 Å². The summed E-state index contributed by atoms with van der Waals surface area (Å²) in [6, 6.07) is 9.17. The summed E-state index contributed by atoms with van der Waals surface area (Å²) in [6.07, 6.45) is 0. The van der Waals surface area contributed by atoms with E-state index >= 15 is 0 Å². The number of benzene rings is 1. The molecule has 1 aromatic heterocycles. The predicted molar refractivity (Wildman–Crippen MR) is 84.3 cm³/mol. The van der Waals surface area contributed by atoms with Gasteiger partial charge in [-0.25, -0.2) is 0 Å². The van der Waals surface area contributed by atoms with Gasteiger partial charge >= 0.3 is 0 Å². The van der Waals surface area contributed by atoms with Crippen LogP contribution in [-0.2, 0) is 4.79 Å². The van der Waals surface area contributed by atoms with Gasteiger partial charge in [0.1, 0.15) is 11.8 Å². The lowest BCUT2D eigenvalue weighted by molar-refractivity contribution is -0.118. The van der Waals surface area contributed by atoms with E-state index in [0.29, 0.717) is 16.3 Å². The molecular weight excluding hydrogens is 304 g/mol. The molecule has 116 valence electrons. The highest BCUT2D eigenvalue weighted by Crippen LogP contribution is 2.17. The summed E-state index contributed by atoms with van der Waals surface area (Å²) in [5, 5.41) is 16.2. The van der Waals surface area contributed by atoms with Crippen LogP contribution in [0.2, 0.25) is 0 Å². The number of rotatable bonds is 6. The number of methoxy groups -OCH3 is 1. The SMILES string of the molecule is COc1cccc(NC(=O)[C@H](CO)NC(=O)c2cccs2)c1. The maximum Gasteiger partial charge on any atom is 0.262 e. The predicted octanol–water partition coefficient (Wildman–Crippen LogP) is 1.49. The molecular formula is C15H16N2O4S. The molecule has 0 saturated carbocycles. The van der Waals surface area contributed by atoms with Crippen LogP contribution in [0.1, 0.15) is 9.67 Å². The van der Waals surface area contributed by atoms with Crippen LogP contribution in [0.5, 0.6) is 5.75 Å². The Morgan fingerprint density at radius 3 is 2.77 bits per heavy atom. The largest absolute Gasteiger partial charge is 0.497 e. The number of carbonyl (C=O) groups is 2. The lowest BCUT2D eigenvalue weighted by atomic mass is 10.2. The van der Waals surface area contributed by atoms with Gasteiger partial charge in [0.2, 0.25) is 5.91 Å². The zero-order valence-corrected chi connectivity index (χ0v) is 12.7. The number of hydrogen-bond donors (Lipinski definition) is 3. The molecule has 0 saturated heterocycles. The zero-order valence-electron chi connectivity index (χ0n) is 11.9. The number of ether oxygens (including phenoxy) is 1. The monoisotopic (exact) mass is 320 g/mol. The third-order valence-corrected chi connectivity index (χ3v) is 3.76.